The van der Waals surface area contributed by atoms with Crippen molar-refractivity contribution < 1.29 is 9.59 Å². The second-order valence-corrected chi connectivity index (χ2v) is 5.78. The van der Waals surface area contributed by atoms with Crippen molar-refractivity contribution in [3.8, 4) is 0 Å². The summed E-state index contributed by atoms with van der Waals surface area (Å²) in [4.78, 5) is 26.2. The number of carbonyl (C=O) groups excluding carboxylic acids is 2. The van der Waals surface area contributed by atoms with E-state index in [1.807, 2.05) is 0 Å². The topological polar surface area (TPSA) is 40.6 Å². The SMILES string of the molecule is CN1C(C=O)CCC1CCC1CCC(C=O)N1C. The molecule has 2 fully saturated rings. The third kappa shape index (κ3) is 2.64. The van der Waals surface area contributed by atoms with Crippen LogP contribution in [0.25, 0.3) is 0 Å². The Labute approximate surface area is 109 Å². The van der Waals surface area contributed by atoms with Crippen molar-refractivity contribution in [3.63, 3.8) is 0 Å². The monoisotopic (exact) mass is 252 g/mol. The van der Waals surface area contributed by atoms with Gasteiger partial charge in [-0.15, -0.1) is 0 Å². The van der Waals surface area contributed by atoms with Crippen molar-refractivity contribution in [1.29, 1.82) is 0 Å². The van der Waals surface area contributed by atoms with Gasteiger partial charge in [-0.3, -0.25) is 9.80 Å². The largest absolute Gasteiger partial charge is 0.302 e. The lowest BCUT2D eigenvalue weighted by Crippen LogP contribution is -2.36. The van der Waals surface area contributed by atoms with E-state index >= 15 is 0 Å². The molecule has 0 saturated carbocycles. The lowest BCUT2D eigenvalue weighted by atomic mass is 10.0. The number of likely N-dealkylation sites (tertiary alicyclic amines) is 2. The highest BCUT2D eigenvalue weighted by Gasteiger charge is 2.33. The highest BCUT2D eigenvalue weighted by molar-refractivity contribution is 5.58. The Morgan fingerprint density at radius 2 is 1.22 bits per heavy atom. The Balaban J connectivity index is 1.79. The molecule has 0 spiro atoms. The van der Waals surface area contributed by atoms with Gasteiger partial charge in [0, 0.05) is 12.1 Å². The maximum atomic E-state index is 10.9. The minimum absolute atomic E-state index is 0.124. The maximum absolute atomic E-state index is 10.9. The maximum Gasteiger partial charge on any atom is 0.137 e. The second kappa shape index (κ2) is 5.93. The van der Waals surface area contributed by atoms with Gasteiger partial charge in [-0.25, -0.2) is 0 Å². The van der Waals surface area contributed by atoms with Gasteiger partial charge in [0.1, 0.15) is 12.6 Å². The molecule has 4 nitrogen and oxygen atoms in total. The zero-order chi connectivity index (χ0) is 13.1. The predicted octanol–water partition coefficient (Wildman–Crippen LogP) is 1.09. The smallest absolute Gasteiger partial charge is 0.137 e. The van der Waals surface area contributed by atoms with Crippen LogP contribution in [0.15, 0.2) is 0 Å². The number of carbonyl (C=O) groups is 2. The number of rotatable bonds is 5. The molecule has 2 saturated heterocycles. The van der Waals surface area contributed by atoms with Crippen LogP contribution in [0.5, 0.6) is 0 Å². The molecule has 102 valence electrons. The van der Waals surface area contributed by atoms with Gasteiger partial charge in [0.2, 0.25) is 0 Å². The first kappa shape index (κ1) is 13.7. The second-order valence-electron chi connectivity index (χ2n) is 5.78. The van der Waals surface area contributed by atoms with E-state index in [9.17, 15) is 9.59 Å². The molecule has 2 heterocycles. The van der Waals surface area contributed by atoms with Crippen molar-refractivity contribution >= 4 is 12.6 Å². The van der Waals surface area contributed by atoms with Crippen LogP contribution in [0, 0.1) is 0 Å². The van der Waals surface area contributed by atoms with Crippen LogP contribution >= 0.6 is 0 Å². The van der Waals surface area contributed by atoms with Gasteiger partial charge in [-0.2, -0.15) is 0 Å². The molecule has 0 bridgehead atoms. The minimum Gasteiger partial charge on any atom is -0.302 e. The zero-order valence-corrected chi connectivity index (χ0v) is 11.4. The molecule has 0 aromatic heterocycles. The fraction of sp³-hybridized carbons (Fsp3) is 0.857. The van der Waals surface area contributed by atoms with Gasteiger partial charge in [-0.1, -0.05) is 0 Å². The Morgan fingerprint density at radius 3 is 1.50 bits per heavy atom. The third-order valence-electron chi connectivity index (χ3n) is 4.94. The van der Waals surface area contributed by atoms with Crippen molar-refractivity contribution in [2.24, 2.45) is 0 Å². The van der Waals surface area contributed by atoms with Crippen LogP contribution in [0.1, 0.15) is 38.5 Å². The van der Waals surface area contributed by atoms with Crippen LogP contribution in [-0.4, -0.2) is 60.6 Å². The Bertz CT molecular complexity index is 278. The molecule has 4 atom stereocenters. The molecule has 0 radical (unpaired) electrons. The lowest BCUT2D eigenvalue weighted by Gasteiger charge is -2.27. The normalized spacial score (nSPS) is 38.1. The Kier molecular flexibility index (Phi) is 4.51. The van der Waals surface area contributed by atoms with E-state index in [1.165, 1.54) is 0 Å². The predicted molar refractivity (Wildman–Crippen MR) is 70.5 cm³/mol. The molecular weight excluding hydrogens is 228 g/mol. The fourth-order valence-electron chi connectivity index (χ4n) is 3.49. The molecule has 2 rings (SSSR count). The standard InChI is InChI=1S/C14H24N2O2/c1-15-11(5-7-13(15)9-17)3-4-12-6-8-14(10-18)16(12)2/h9-14H,3-8H2,1-2H3. The molecule has 4 unspecified atom stereocenters. The quantitative estimate of drug-likeness (QED) is 0.687. The third-order valence-corrected chi connectivity index (χ3v) is 4.94. The van der Waals surface area contributed by atoms with Gasteiger partial charge in [0.25, 0.3) is 0 Å². The molecule has 2 aliphatic heterocycles. The van der Waals surface area contributed by atoms with Crippen LogP contribution in [0.2, 0.25) is 0 Å². The van der Waals surface area contributed by atoms with Crippen molar-refractivity contribution in [1.82, 2.24) is 9.80 Å². The molecule has 4 heteroatoms. The fourth-order valence-corrected chi connectivity index (χ4v) is 3.49. The number of likely N-dealkylation sites (N-methyl/N-ethyl adjacent to an activating group) is 2. The first-order valence-electron chi connectivity index (χ1n) is 7.01. The van der Waals surface area contributed by atoms with Crippen LogP contribution in [-0.2, 0) is 9.59 Å². The minimum atomic E-state index is 0.124. The lowest BCUT2D eigenvalue weighted by molar-refractivity contribution is -0.112. The van der Waals surface area contributed by atoms with Crippen molar-refractivity contribution in [2.45, 2.75) is 62.7 Å². The number of hydrogen-bond acceptors (Lipinski definition) is 4. The van der Waals surface area contributed by atoms with Crippen LogP contribution < -0.4 is 0 Å². The first-order valence-corrected chi connectivity index (χ1v) is 7.01. The van der Waals surface area contributed by atoms with Gasteiger partial charge in [-0.05, 0) is 52.6 Å². The highest BCUT2D eigenvalue weighted by Crippen LogP contribution is 2.29. The summed E-state index contributed by atoms with van der Waals surface area (Å²) in [7, 11) is 4.12. The number of nitrogens with zero attached hydrogens (tertiary/aromatic N) is 2. The average molecular weight is 252 g/mol. The summed E-state index contributed by atoms with van der Waals surface area (Å²) in [5.74, 6) is 0. The van der Waals surface area contributed by atoms with E-state index in [0.29, 0.717) is 12.1 Å². The van der Waals surface area contributed by atoms with E-state index in [1.54, 1.807) is 0 Å². The molecule has 0 N–H and O–H groups in total. The molecule has 2 aliphatic rings. The van der Waals surface area contributed by atoms with Gasteiger partial charge in [0.15, 0.2) is 0 Å². The molecule has 0 aliphatic carbocycles. The number of aldehydes is 2. The van der Waals surface area contributed by atoms with E-state index in [-0.39, 0.29) is 12.1 Å². The number of hydrogen-bond donors (Lipinski definition) is 0. The first-order chi connectivity index (χ1) is 8.67. The summed E-state index contributed by atoms with van der Waals surface area (Å²) in [5, 5.41) is 0. The van der Waals surface area contributed by atoms with E-state index < -0.39 is 0 Å². The van der Waals surface area contributed by atoms with E-state index in [0.717, 1.165) is 51.1 Å². The van der Waals surface area contributed by atoms with Crippen molar-refractivity contribution in [2.75, 3.05) is 14.1 Å². The summed E-state index contributed by atoms with van der Waals surface area (Å²) in [6, 6.07) is 1.34. The Morgan fingerprint density at radius 1 is 0.833 bits per heavy atom. The average Bonchev–Trinajstić information content (AvgIpc) is 2.90. The van der Waals surface area contributed by atoms with Crippen LogP contribution in [0.3, 0.4) is 0 Å². The molecular formula is C14H24N2O2. The summed E-state index contributed by atoms with van der Waals surface area (Å²) < 4.78 is 0. The van der Waals surface area contributed by atoms with Gasteiger partial charge < -0.3 is 9.59 Å². The van der Waals surface area contributed by atoms with Gasteiger partial charge >= 0.3 is 0 Å². The summed E-state index contributed by atoms with van der Waals surface area (Å²) in [5.41, 5.74) is 0. The van der Waals surface area contributed by atoms with Crippen molar-refractivity contribution in [3.05, 3.63) is 0 Å². The molecule has 0 aromatic carbocycles. The molecule has 18 heavy (non-hydrogen) atoms. The van der Waals surface area contributed by atoms with E-state index in [2.05, 4.69) is 23.9 Å². The van der Waals surface area contributed by atoms with Crippen LogP contribution in [0.4, 0.5) is 0 Å². The van der Waals surface area contributed by atoms with E-state index in [4.69, 9.17) is 0 Å². The summed E-state index contributed by atoms with van der Waals surface area (Å²) in [6.45, 7) is 0. The Hall–Kier alpha value is -0.740. The molecule has 0 aromatic rings. The highest BCUT2D eigenvalue weighted by atomic mass is 16.1. The zero-order valence-electron chi connectivity index (χ0n) is 11.4. The van der Waals surface area contributed by atoms with Gasteiger partial charge in [0.05, 0.1) is 12.1 Å². The summed E-state index contributed by atoms with van der Waals surface area (Å²) in [6.07, 6.45) is 8.70. The summed E-state index contributed by atoms with van der Waals surface area (Å²) >= 11 is 0. The molecule has 0 amide bonds.